The monoisotopic (exact) mass is 490 g/mol. The number of rotatable bonds is 8. The zero-order valence-corrected chi connectivity index (χ0v) is 20.6. The molecule has 7 nitrogen and oxygen atoms in total. The Kier molecular flexibility index (Phi) is 7.12. The molecule has 2 aliphatic rings. The molecule has 5 rings (SSSR count). The number of phenols is 1. The fraction of sp³-hybridized carbons (Fsp3) is 0.448. The molecule has 3 aromatic rings. The van der Waals surface area contributed by atoms with Crippen molar-refractivity contribution in [1.29, 1.82) is 0 Å². The number of aromatic hydroxyl groups is 1. The van der Waals surface area contributed by atoms with Crippen molar-refractivity contribution in [3.8, 4) is 11.5 Å². The number of hydrogen-bond donors (Lipinski definition) is 3. The number of pyridine rings is 1. The van der Waals surface area contributed by atoms with Crippen LogP contribution in [0.2, 0.25) is 0 Å². The molecule has 7 heteroatoms. The highest BCUT2D eigenvalue weighted by Crippen LogP contribution is 2.43. The predicted octanol–water partition coefficient (Wildman–Crippen LogP) is 4.73. The number of carboxylic acids is 1. The van der Waals surface area contributed by atoms with E-state index in [4.69, 9.17) is 4.74 Å². The van der Waals surface area contributed by atoms with Crippen LogP contribution in [0.3, 0.4) is 0 Å². The van der Waals surface area contributed by atoms with Gasteiger partial charge in [-0.15, -0.1) is 0 Å². The maximum Gasteiger partial charge on any atom is 0.308 e. The zero-order chi connectivity index (χ0) is 25.2. The molecule has 2 heterocycles. The first-order valence-corrected chi connectivity index (χ1v) is 12.8. The number of nitrogens with zero attached hydrogens (tertiary/aromatic N) is 2. The van der Waals surface area contributed by atoms with E-state index in [1.807, 2.05) is 36.4 Å². The Morgan fingerprint density at radius 3 is 2.67 bits per heavy atom. The summed E-state index contributed by atoms with van der Waals surface area (Å²) >= 11 is 0. The Hall–Kier alpha value is -3.16. The molecule has 0 amide bonds. The zero-order valence-electron chi connectivity index (χ0n) is 20.6. The van der Waals surface area contributed by atoms with Gasteiger partial charge >= 0.3 is 5.97 Å². The van der Waals surface area contributed by atoms with Crippen molar-refractivity contribution in [3.63, 3.8) is 0 Å². The number of likely N-dealkylation sites (tertiary alicyclic amines) is 1. The molecule has 2 aromatic carbocycles. The third kappa shape index (κ3) is 5.04. The van der Waals surface area contributed by atoms with Crippen molar-refractivity contribution < 1.29 is 24.9 Å². The van der Waals surface area contributed by atoms with Gasteiger partial charge < -0.3 is 20.1 Å². The van der Waals surface area contributed by atoms with E-state index in [1.165, 1.54) is 5.56 Å². The summed E-state index contributed by atoms with van der Waals surface area (Å²) < 4.78 is 5.34. The molecule has 36 heavy (non-hydrogen) atoms. The van der Waals surface area contributed by atoms with Gasteiger partial charge in [0.15, 0.2) is 0 Å². The molecule has 0 bridgehead atoms. The van der Waals surface area contributed by atoms with Crippen molar-refractivity contribution in [2.24, 2.45) is 11.8 Å². The largest absolute Gasteiger partial charge is 0.508 e. The lowest BCUT2D eigenvalue weighted by Gasteiger charge is -2.47. The Morgan fingerprint density at radius 1 is 1.17 bits per heavy atom. The number of aliphatic hydroxyl groups is 1. The lowest BCUT2D eigenvalue weighted by molar-refractivity contribution is -0.147. The lowest BCUT2D eigenvalue weighted by Crippen LogP contribution is -2.52. The molecule has 1 aromatic heterocycles. The maximum absolute atomic E-state index is 12.2. The number of fused-ring (bicyclic) bond motifs is 1. The van der Waals surface area contributed by atoms with Crippen molar-refractivity contribution >= 4 is 16.9 Å². The molecule has 1 aliphatic heterocycles. The molecule has 2 fully saturated rings. The average molecular weight is 491 g/mol. The number of carbonyl (C=O) groups is 1. The van der Waals surface area contributed by atoms with E-state index in [-0.39, 0.29) is 11.7 Å². The summed E-state index contributed by atoms with van der Waals surface area (Å²) in [6.07, 6.45) is 5.08. The SMILES string of the molecule is COc1ccc2nccc(C(O)CC[C@@H]3CCN(C4CC(c5ccc(O)cc5)C4)C[C@@H]3C(=O)O)c2c1. The van der Waals surface area contributed by atoms with E-state index >= 15 is 0 Å². The van der Waals surface area contributed by atoms with Gasteiger partial charge in [0.2, 0.25) is 0 Å². The van der Waals surface area contributed by atoms with E-state index in [9.17, 15) is 20.1 Å². The molecule has 190 valence electrons. The average Bonchev–Trinajstić information content (AvgIpc) is 2.87. The highest BCUT2D eigenvalue weighted by molar-refractivity contribution is 5.83. The number of piperidine rings is 1. The van der Waals surface area contributed by atoms with Gasteiger partial charge in [0.1, 0.15) is 11.5 Å². The van der Waals surface area contributed by atoms with E-state index in [2.05, 4.69) is 9.88 Å². The fourth-order valence-corrected chi connectivity index (χ4v) is 5.98. The quantitative estimate of drug-likeness (QED) is 0.419. The summed E-state index contributed by atoms with van der Waals surface area (Å²) in [7, 11) is 1.61. The second kappa shape index (κ2) is 10.4. The second-order valence-electron chi connectivity index (χ2n) is 10.3. The fourth-order valence-electron chi connectivity index (χ4n) is 5.98. The molecular formula is C29H34N2O5. The Morgan fingerprint density at radius 2 is 1.94 bits per heavy atom. The van der Waals surface area contributed by atoms with Crippen molar-refractivity contribution in [3.05, 3.63) is 65.9 Å². The first kappa shape index (κ1) is 24.5. The Balaban J connectivity index is 1.19. The van der Waals surface area contributed by atoms with Gasteiger partial charge in [-0.1, -0.05) is 12.1 Å². The Labute approximate surface area is 211 Å². The summed E-state index contributed by atoms with van der Waals surface area (Å²) in [6.45, 7) is 1.46. The molecule has 3 atom stereocenters. The molecule has 3 N–H and O–H groups in total. The first-order valence-electron chi connectivity index (χ1n) is 12.8. The minimum Gasteiger partial charge on any atom is -0.508 e. The van der Waals surface area contributed by atoms with Crippen LogP contribution in [-0.4, -0.2) is 57.4 Å². The second-order valence-corrected chi connectivity index (χ2v) is 10.3. The van der Waals surface area contributed by atoms with E-state index in [0.29, 0.717) is 37.1 Å². The van der Waals surface area contributed by atoms with Gasteiger partial charge in [0.05, 0.1) is 24.6 Å². The van der Waals surface area contributed by atoms with Crippen LogP contribution in [0, 0.1) is 11.8 Å². The summed E-state index contributed by atoms with van der Waals surface area (Å²) in [5, 5.41) is 31.4. The molecule has 0 radical (unpaired) electrons. The van der Waals surface area contributed by atoms with Crippen molar-refractivity contribution in [1.82, 2.24) is 9.88 Å². The van der Waals surface area contributed by atoms with Crippen LogP contribution in [0.15, 0.2) is 54.7 Å². The normalized spacial score (nSPS) is 25.3. The summed E-state index contributed by atoms with van der Waals surface area (Å²) in [5.74, 6) is 0.346. The van der Waals surface area contributed by atoms with Gasteiger partial charge in [-0.25, -0.2) is 0 Å². The third-order valence-electron chi connectivity index (χ3n) is 8.25. The summed E-state index contributed by atoms with van der Waals surface area (Å²) in [5.41, 5.74) is 2.84. The standard InChI is InChI=1S/C29H34N2O5/c1-36-23-7-8-27-25(16-23)24(10-12-30-27)28(33)9-4-19-11-13-31(17-26(19)29(34)35)21-14-20(15-21)18-2-5-22(32)6-3-18/h2-3,5-8,10,12,16,19-21,26,28,32-33H,4,9,11,13-15,17H2,1H3,(H,34,35)/t19-,20?,21?,26+,28?/m1/s1. The topological polar surface area (TPSA) is 103 Å². The van der Waals surface area contributed by atoms with Crippen LogP contribution in [0.1, 0.15) is 55.3 Å². The van der Waals surface area contributed by atoms with Gasteiger partial charge in [-0.05, 0) is 98.0 Å². The highest BCUT2D eigenvalue weighted by Gasteiger charge is 2.41. The van der Waals surface area contributed by atoms with Crippen molar-refractivity contribution in [2.45, 2.75) is 50.2 Å². The molecular weight excluding hydrogens is 456 g/mol. The number of aromatic nitrogens is 1. The van der Waals surface area contributed by atoms with Crippen LogP contribution in [0.5, 0.6) is 11.5 Å². The molecule has 1 saturated carbocycles. The summed E-state index contributed by atoms with van der Waals surface area (Å²) in [4.78, 5) is 18.9. The molecule has 1 saturated heterocycles. The number of aliphatic hydroxyl groups excluding tert-OH is 1. The number of aliphatic carboxylic acids is 1. The van der Waals surface area contributed by atoms with Crippen LogP contribution in [0.25, 0.3) is 10.9 Å². The highest BCUT2D eigenvalue weighted by atomic mass is 16.5. The van der Waals surface area contributed by atoms with E-state index in [1.54, 1.807) is 25.4 Å². The minimum atomic E-state index is -0.743. The van der Waals surface area contributed by atoms with Gasteiger partial charge in [-0.2, -0.15) is 0 Å². The smallest absolute Gasteiger partial charge is 0.308 e. The van der Waals surface area contributed by atoms with E-state index < -0.39 is 18.0 Å². The Bertz CT molecular complexity index is 1210. The van der Waals surface area contributed by atoms with Gasteiger partial charge in [0, 0.05) is 24.2 Å². The number of benzene rings is 2. The van der Waals surface area contributed by atoms with E-state index in [0.717, 1.165) is 42.3 Å². The number of methoxy groups -OCH3 is 1. The number of ether oxygens (including phenoxy) is 1. The van der Waals surface area contributed by atoms with Crippen molar-refractivity contribution in [2.75, 3.05) is 20.2 Å². The molecule has 1 unspecified atom stereocenters. The van der Waals surface area contributed by atoms with Crippen LogP contribution >= 0.6 is 0 Å². The molecule has 1 aliphatic carbocycles. The van der Waals surface area contributed by atoms with Gasteiger partial charge in [0.25, 0.3) is 0 Å². The third-order valence-corrected chi connectivity index (χ3v) is 8.25. The predicted molar refractivity (Wildman–Crippen MR) is 137 cm³/mol. The van der Waals surface area contributed by atoms with Crippen LogP contribution < -0.4 is 4.74 Å². The lowest BCUT2D eigenvalue weighted by atomic mass is 9.73. The number of hydrogen-bond acceptors (Lipinski definition) is 6. The number of carboxylic acid groups (broad SMARTS) is 1. The summed E-state index contributed by atoms with van der Waals surface area (Å²) in [6, 6.07) is 15.3. The minimum absolute atomic E-state index is 0.0454. The number of phenolic OH excluding ortho intramolecular Hbond substituents is 1. The molecule has 0 spiro atoms. The van der Waals surface area contributed by atoms with Crippen LogP contribution in [-0.2, 0) is 4.79 Å². The van der Waals surface area contributed by atoms with Gasteiger partial charge in [-0.3, -0.25) is 14.7 Å². The first-order chi connectivity index (χ1) is 17.4. The maximum atomic E-state index is 12.2. The van der Waals surface area contributed by atoms with Crippen LogP contribution in [0.4, 0.5) is 0 Å².